The topological polar surface area (TPSA) is 82.9 Å². The number of nitrogens with one attached hydrogen (secondary N) is 1. The highest BCUT2D eigenvalue weighted by atomic mass is 35.5. The van der Waals surface area contributed by atoms with E-state index in [0.29, 0.717) is 29.5 Å². The number of amides is 1. The number of benzene rings is 3. The van der Waals surface area contributed by atoms with E-state index in [9.17, 15) is 9.90 Å². The summed E-state index contributed by atoms with van der Waals surface area (Å²) in [5.41, 5.74) is 4.92. The Morgan fingerprint density at radius 3 is 2.30 bits per heavy atom. The highest BCUT2D eigenvalue weighted by Gasteiger charge is 2.25. The molecule has 0 spiro atoms. The number of β-amino-alcohol motifs (C(OH)–C–C–N with tert-alkyl or cyclic N) is 1. The molecule has 1 amide bonds. The molecule has 2 N–H and O–H groups in total. The summed E-state index contributed by atoms with van der Waals surface area (Å²) in [5.74, 6) is 0.998. The summed E-state index contributed by atoms with van der Waals surface area (Å²) < 4.78 is 7.56. The lowest BCUT2D eigenvalue weighted by Crippen LogP contribution is -2.50. The molecule has 8 nitrogen and oxygen atoms in total. The van der Waals surface area contributed by atoms with Gasteiger partial charge in [-0.2, -0.15) is 0 Å². The fourth-order valence-electron chi connectivity index (χ4n) is 5.37. The van der Waals surface area contributed by atoms with Crippen molar-refractivity contribution in [2.75, 3.05) is 51.3 Å². The number of piperazine rings is 1. The molecular formula is C32H38Cl3N5O3. The van der Waals surface area contributed by atoms with E-state index in [-0.39, 0.29) is 37.3 Å². The first-order valence-corrected chi connectivity index (χ1v) is 14.2. The third-order valence-corrected chi connectivity index (χ3v) is 8.01. The van der Waals surface area contributed by atoms with Gasteiger partial charge in [-0.15, -0.1) is 24.8 Å². The quantitative estimate of drug-likeness (QED) is 0.247. The molecule has 43 heavy (non-hydrogen) atoms. The summed E-state index contributed by atoms with van der Waals surface area (Å²) in [6.07, 6.45) is -0.705. The van der Waals surface area contributed by atoms with Crippen molar-refractivity contribution in [2.24, 2.45) is 0 Å². The Morgan fingerprint density at radius 2 is 1.60 bits per heavy atom. The number of hydrogen-bond acceptors (Lipinski definition) is 6. The molecule has 11 heteroatoms. The molecule has 0 saturated carbocycles. The number of rotatable bonds is 9. The van der Waals surface area contributed by atoms with Crippen LogP contribution in [0.5, 0.6) is 5.75 Å². The Bertz CT molecular complexity index is 1510. The third kappa shape index (κ3) is 7.63. The van der Waals surface area contributed by atoms with Crippen molar-refractivity contribution in [3.05, 3.63) is 94.8 Å². The number of aliphatic hydroxyl groups excluding tert-OH is 1. The zero-order valence-electron chi connectivity index (χ0n) is 24.5. The molecule has 2 heterocycles. The number of anilines is 1. The molecule has 0 bridgehead atoms. The second-order valence-corrected chi connectivity index (χ2v) is 10.7. The number of hydrogen-bond donors (Lipinski definition) is 2. The van der Waals surface area contributed by atoms with Crippen molar-refractivity contribution < 1.29 is 14.6 Å². The van der Waals surface area contributed by atoms with Gasteiger partial charge in [0, 0.05) is 55.5 Å². The molecule has 3 aromatic carbocycles. The summed E-state index contributed by atoms with van der Waals surface area (Å²) >= 11 is 6.31. The molecule has 1 aliphatic heterocycles. The zero-order valence-corrected chi connectivity index (χ0v) is 26.9. The van der Waals surface area contributed by atoms with Crippen molar-refractivity contribution in [2.45, 2.75) is 20.0 Å². The Hall–Kier alpha value is -3.27. The maximum absolute atomic E-state index is 13.3. The molecule has 1 aliphatic rings. The number of halogens is 3. The van der Waals surface area contributed by atoms with Crippen LogP contribution in [0.3, 0.4) is 0 Å². The van der Waals surface area contributed by atoms with Crippen LogP contribution in [0, 0.1) is 13.8 Å². The van der Waals surface area contributed by atoms with Crippen LogP contribution in [-0.2, 0) is 0 Å². The zero-order chi connectivity index (χ0) is 28.9. The SMILES string of the molecule is COc1ccccc1-n1c(-c2ccccc2)nc(C(=O)NCC(O)CN2CCN(c3cccc(Cl)c3C)CC2)c1C.Cl.Cl. The van der Waals surface area contributed by atoms with E-state index in [4.69, 9.17) is 21.3 Å². The highest BCUT2D eigenvalue weighted by Crippen LogP contribution is 2.31. The van der Waals surface area contributed by atoms with Gasteiger partial charge >= 0.3 is 0 Å². The Kier molecular flexibility index (Phi) is 12.3. The van der Waals surface area contributed by atoms with Crippen molar-refractivity contribution in [3.8, 4) is 22.8 Å². The van der Waals surface area contributed by atoms with Crippen molar-refractivity contribution in [3.63, 3.8) is 0 Å². The maximum Gasteiger partial charge on any atom is 0.271 e. The van der Waals surface area contributed by atoms with Gasteiger partial charge in [-0.1, -0.05) is 60.1 Å². The average Bonchev–Trinajstić information content (AvgIpc) is 3.35. The minimum Gasteiger partial charge on any atom is -0.495 e. The standard InChI is InChI=1S/C32H36ClN5O3.2ClH/c1-22-26(33)12-9-14-27(22)37-18-16-36(17-19-37)21-25(39)20-34-32(40)30-23(2)38(28-13-7-8-15-29(28)41-3)31(35-30)24-10-5-4-6-11-24;;/h4-15,25,39H,16-21H2,1-3H3,(H,34,40);2*1H. The average molecular weight is 647 g/mol. The summed E-state index contributed by atoms with van der Waals surface area (Å²) in [4.78, 5) is 22.7. The largest absolute Gasteiger partial charge is 0.495 e. The van der Waals surface area contributed by atoms with Crippen LogP contribution < -0.4 is 15.0 Å². The molecule has 1 unspecified atom stereocenters. The minimum atomic E-state index is -0.705. The van der Waals surface area contributed by atoms with E-state index in [1.807, 2.05) is 85.1 Å². The number of nitrogens with zero attached hydrogens (tertiary/aromatic N) is 4. The van der Waals surface area contributed by atoms with E-state index in [0.717, 1.165) is 53.7 Å². The molecule has 230 valence electrons. The Balaban J connectivity index is 0.00000253. The predicted molar refractivity (Wildman–Crippen MR) is 178 cm³/mol. The first kappa shape index (κ1) is 34.2. The smallest absolute Gasteiger partial charge is 0.271 e. The van der Waals surface area contributed by atoms with Crippen molar-refractivity contribution in [1.82, 2.24) is 19.8 Å². The van der Waals surface area contributed by atoms with Crippen LogP contribution in [-0.4, -0.2) is 77.9 Å². The number of para-hydroxylation sites is 2. The summed E-state index contributed by atoms with van der Waals surface area (Å²) in [6.45, 7) is 7.86. The van der Waals surface area contributed by atoms with Crippen molar-refractivity contribution in [1.29, 1.82) is 0 Å². The lowest BCUT2D eigenvalue weighted by Gasteiger charge is -2.37. The van der Waals surface area contributed by atoms with Crippen LogP contribution >= 0.6 is 36.4 Å². The van der Waals surface area contributed by atoms with Gasteiger partial charge in [-0.05, 0) is 43.7 Å². The summed E-state index contributed by atoms with van der Waals surface area (Å²) in [6, 6.07) is 23.4. The van der Waals surface area contributed by atoms with Crippen LogP contribution in [0.1, 0.15) is 21.7 Å². The van der Waals surface area contributed by atoms with Gasteiger partial charge in [-0.25, -0.2) is 4.98 Å². The van der Waals surface area contributed by atoms with E-state index >= 15 is 0 Å². The molecule has 1 saturated heterocycles. The number of methoxy groups -OCH3 is 1. The van der Waals surface area contributed by atoms with E-state index in [2.05, 4.69) is 21.2 Å². The van der Waals surface area contributed by atoms with Gasteiger partial charge in [0.05, 0.1) is 24.6 Å². The van der Waals surface area contributed by atoms with Crippen LogP contribution in [0.4, 0.5) is 5.69 Å². The lowest BCUT2D eigenvalue weighted by molar-refractivity contribution is 0.0847. The van der Waals surface area contributed by atoms with Gasteiger partial charge in [-0.3, -0.25) is 14.3 Å². The number of carbonyl (C=O) groups excluding carboxylic acids is 1. The van der Waals surface area contributed by atoms with Gasteiger partial charge in [0.2, 0.25) is 0 Å². The second kappa shape index (κ2) is 15.5. The van der Waals surface area contributed by atoms with Crippen LogP contribution in [0.2, 0.25) is 5.02 Å². The molecule has 4 aromatic rings. The fraction of sp³-hybridized carbons (Fsp3) is 0.312. The molecule has 0 aliphatic carbocycles. The first-order valence-electron chi connectivity index (χ1n) is 13.8. The van der Waals surface area contributed by atoms with E-state index in [1.54, 1.807) is 7.11 Å². The summed E-state index contributed by atoms with van der Waals surface area (Å²) in [7, 11) is 1.63. The third-order valence-electron chi connectivity index (χ3n) is 7.60. The molecule has 1 aromatic heterocycles. The normalized spacial score (nSPS) is 13.9. The fourth-order valence-corrected chi connectivity index (χ4v) is 5.54. The van der Waals surface area contributed by atoms with E-state index < -0.39 is 6.10 Å². The maximum atomic E-state index is 13.3. The summed E-state index contributed by atoms with van der Waals surface area (Å²) in [5, 5.41) is 14.5. The number of carbonyl (C=O) groups is 1. The number of ether oxygens (including phenoxy) is 1. The number of aliphatic hydroxyl groups is 1. The lowest BCUT2D eigenvalue weighted by atomic mass is 10.1. The molecule has 5 rings (SSSR count). The predicted octanol–water partition coefficient (Wildman–Crippen LogP) is 5.57. The Labute approximate surface area is 270 Å². The first-order chi connectivity index (χ1) is 19.9. The van der Waals surface area contributed by atoms with E-state index in [1.165, 1.54) is 0 Å². The molecular weight excluding hydrogens is 609 g/mol. The van der Waals surface area contributed by atoms with Crippen molar-refractivity contribution >= 4 is 48.0 Å². The number of imidazole rings is 1. The van der Waals surface area contributed by atoms with Crippen LogP contribution in [0.25, 0.3) is 17.1 Å². The minimum absolute atomic E-state index is 0. The van der Waals surface area contributed by atoms with Gasteiger partial charge in [0.25, 0.3) is 5.91 Å². The number of aromatic nitrogens is 2. The van der Waals surface area contributed by atoms with Gasteiger partial charge in [0.1, 0.15) is 17.3 Å². The van der Waals surface area contributed by atoms with Crippen LogP contribution in [0.15, 0.2) is 72.8 Å². The molecule has 1 fully saturated rings. The highest BCUT2D eigenvalue weighted by molar-refractivity contribution is 6.31. The Morgan fingerprint density at radius 1 is 0.953 bits per heavy atom. The molecule has 0 radical (unpaired) electrons. The second-order valence-electron chi connectivity index (χ2n) is 10.3. The van der Waals surface area contributed by atoms with Gasteiger partial charge < -0.3 is 20.1 Å². The van der Waals surface area contributed by atoms with Gasteiger partial charge in [0.15, 0.2) is 0 Å². The monoisotopic (exact) mass is 645 g/mol. The molecule has 1 atom stereocenters.